The van der Waals surface area contributed by atoms with E-state index in [1.165, 1.54) is 35.4 Å². The van der Waals surface area contributed by atoms with E-state index in [0.29, 0.717) is 28.9 Å². The molecule has 32 heavy (non-hydrogen) atoms. The van der Waals surface area contributed by atoms with Crippen molar-refractivity contribution in [2.45, 2.75) is 31.5 Å². The number of nitrogens with one attached hydrogen (secondary N) is 1. The number of carbonyl (C=O) groups is 2. The van der Waals surface area contributed by atoms with Crippen molar-refractivity contribution in [2.24, 2.45) is 0 Å². The van der Waals surface area contributed by atoms with Gasteiger partial charge in [0.2, 0.25) is 12.3 Å². The summed E-state index contributed by atoms with van der Waals surface area (Å²) in [6.45, 7) is 0.152. The van der Waals surface area contributed by atoms with Gasteiger partial charge in [-0.2, -0.15) is 0 Å². The van der Waals surface area contributed by atoms with Crippen molar-refractivity contribution in [3.8, 4) is 23.0 Å². The van der Waals surface area contributed by atoms with Crippen molar-refractivity contribution < 1.29 is 34.4 Å². The Kier molecular flexibility index (Phi) is 5.63. The highest BCUT2D eigenvalue weighted by Gasteiger charge is 2.38. The van der Waals surface area contributed by atoms with Gasteiger partial charge in [-0.25, -0.2) is 0 Å². The summed E-state index contributed by atoms with van der Waals surface area (Å²) in [5, 5.41) is 42.2. The predicted molar refractivity (Wildman–Crippen MR) is 112 cm³/mol. The van der Waals surface area contributed by atoms with Gasteiger partial charge in [-0.1, -0.05) is 6.07 Å². The Balaban J connectivity index is 1.68. The first kappa shape index (κ1) is 21.1. The Labute approximate surface area is 183 Å². The van der Waals surface area contributed by atoms with Crippen molar-refractivity contribution >= 4 is 12.3 Å². The molecular weight excluding hydrogens is 416 g/mol. The molecule has 2 amide bonds. The van der Waals surface area contributed by atoms with Crippen LogP contribution in [0.5, 0.6) is 23.0 Å². The largest absolute Gasteiger partial charge is 0.504 e. The number of furan rings is 1. The SMILES string of the molecule is O=CN1[C@H](C(=O)NCc2ccco2)Cc2cc(O)c(O)cc2[C@@H]1Cc1ccc(O)c(O)c1. The molecule has 2 heterocycles. The van der Waals surface area contributed by atoms with Gasteiger partial charge in [-0.3, -0.25) is 9.59 Å². The summed E-state index contributed by atoms with van der Waals surface area (Å²) in [5.74, 6) is -1.08. The number of hydrogen-bond donors (Lipinski definition) is 5. The van der Waals surface area contributed by atoms with E-state index >= 15 is 0 Å². The average Bonchev–Trinajstić information content (AvgIpc) is 3.29. The zero-order chi connectivity index (χ0) is 22.8. The average molecular weight is 438 g/mol. The number of phenols is 4. The summed E-state index contributed by atoms with van der Waals surface area (Å²) in [7, 11) is 0. The van der Waals surface area contributed by atoms with Gasteiger partial charge in [0.15, 0.2) is 23.0 Å². The molecule has 0 fully saturated rings. The van der Waals surface area contributed by atoms with Crippen molar-refractivity contribution in [1.29, 1.82) is 0 Å². The third-order valence-electron chi connectivity index (χ3n) is 5.64. The number of amides is 2. The fraction of sp³-hybridized carbons (Fsp3) is 0.217. The Hall–Kier alpha value is -4.14. The number of carbonyl (C=O) groups excluding carboxylic acids is 2. The van der Waals surface area contributed by atoms with Crippen LogP contribution in [0.15, 0.2) is 53.1 Å². The van der Waals surface area contributed by atoms with E-state index in [9.17, 15) is 30.0 Å². The molecule has 3 aromatic rings. The second-order valence-electron chi connectivity index (χ2n) is 7.65. The summed E-state index contributed by atoms with van der Waals surface area (Å²) in [6, 6.07) is 8.97. The van der Waals surface area contributed by atoms with Gasteiger partial charge < -0.3 is 35.1 Å². The Bertz CT molecular complexity index is 1140. The quantitative estimate of drug-likeness (QED) is 0.293. The molecular formula is C23H22N2O7. The van der Waals surface area contributed by atoms with Crippen LogP contribution in [0.4, 0.5) is 0 Å². The molecule has 0 spiro atoms. The first-order valence-corrected chi connectivity index (χ1v) is 9.95. The molecule has 0 radical (unpaired) electrons. The third kappa shape index (κ3) is 4.04. The lowest BCUT2D eigenvalue weighted by Gasteiger charge is -2.40. The molecule has 0 unspecified atom stereocenters. The van der Waals surface area contributed by atoms with Crippen molar-refractivity contribution in [3.63, 3.8) is 0 Å². The second-order valence-corrected chi connectivity index (χ2v) is 7.65. The van der Waals surface area contributed by atoms with Crippen LogP contribution in [0.25, 0.3) is 0 Å². The number of aromatic hydroxyl groups is 4. The standard InChI is InChI=1S/C23H22N2O7/c26-12-25-17(6-13-3-4-19(27)20(28)7-13)16-10-22(30)21(29)9-14(16)8-18(25)23(31)24-11-15-2-1-5-32-15/h1-5,7,9-10,12,17-18,27-30H,6,8,11H2,(H,24,31)/t17-,18-/m0/s1. The smallest absolute Gasteiger partial charge is 0.243 e. The van der Waals surface area contributed by atoms with Gasteiger partial charge in [0.25, 0.3) is 0 Å². The number of hydrogen-bond acceptors (Lipinski definition) is 7. The minimum atomic E-state index is -0.866. The number of rotatable bonds is 6. The maximum atomic E-state index is 13.0. The van der Waals surface area contributed by atoms with Crippen LogP contribution in [-0.2, 0) is 29.0 Å². The molecule has 1 aliphatic rings. The van der Waals surface area contributed by atoms with Crippen LogP contribution in [-0.4, -0.2) is 43.7 Å². The molecule has 9 nitrogen and oxygen atoms in total. The zero-order valence-corrected chi connectivity index (χ0v) is 16.9. The number of phenolic OH excluding ortho intramolecular Hbond substituents is 4. The normalized spacial score (nSPS) is 17.6. The van der Waals surface area contributed by atoms with E-state index < -0.39 is 18.0 Å². The highest BCUT2D eigenvalue weighted by atomic mass is 16.3. The molecule has 1 aromatic heterocycles. The summed E-state index contributed by atoms with van der Waals surface area (Å²) in [5.41, 5.74) is 1.80. The summed E-state index contributed by atoms with van der Waals surface area (Å²) < 4.78 is 5.23. The molecule has 1 aliphatic heterocycles. The molecule has 0 saturated carbocycles. The molecule has 166 valence electrons. The van der Waals surface area contributed by atoms with Gasteiger partial charge in [0, 0.05) is 6.42 Å². The van der Waals surface area contributed by atoms with Crippen LogP contribution >= 0.6 is 0 Å². The fourth-order valence-electron chi connectivity index (χ4n) is 4.03. The lowest BCUT2D eigenvalue weighted by molar-refractivity contribution is -0.136. The van der Waals surface area contributed by atoms with E-state index in [1.54, 1.807) is 18.2 Å². The summed E-state index contributed by atoms with van der Waals surface area (Å²) in [6.07, 6.45) is 2.42. The maximum Gasteiger partial charge on any atom is 0.243 e. The molecule has 0 aliphatic carbocycles. The lowest BCUT2D eigenvalue weighted by Crippen LogP contribution is -2.52. The number of benzene rings is 2. The lowest BCUT2D eigenvalue weighted by atomic mass is 9.84. The number of nitrogens with zero attached hydrogens (tertiary/aromatic N) is 1. The molecule has 5 N–H and O–H groups in total. The first-order chi connectivity index (χ1) is 15.4. The van der Waals surface area contributed by atoms with E-state index in [4.69, 9.17) is 4.42 Å². The number of fused-ring (bicyclic) bond motifs is 1. The Morgan fingerprint density at radius 2 is 1.81 bits per heavy atom. The van der Waals surface area contributed by atoms with Crippen molar-refractivity contribution in [2.75, 3.05) is 0 Å². The molecule has 2 atom stereocenters. The summed E-state index contributed by atoms with van der Waals surface area (Å²) in [4.78, 5) is 26.5. The predicted octanol–water partition coefficient (Wildman–Crippen LogP) is 2.09. The maximum absolute atomic E-state index is 13.0. The topological polar surface area (TPSA) is 143 Å². The molecule has 0 saturated heterocycles. The van der Waals surface area contributed by atoms with Crippen LogP contribution in [0.1, 0.15) is 28.5 Å². The Morgan fingerprint density at radius 3 is 2.50 bits per heavy atom. The van der Waals surface area contributed by atoms with E-state index in [1.807, 2.05) is 0 Å². The monoisotopic (exact) mass is 438 g/mol. The molecule has 4 rings (SSSR count). The highest BCUT2D eigenvalue weighted by molar-refractivity contribution is 5.84. The minimum Gasteiger partial charge on any atom is -0.504 e. The van der Waals surface area contributed by atoms with E-state index in [2.05, 4.69) is 5.32 Å². The minimum absolute atomic E-state index is 0.142. The highest BCUT2D eigenvalue weighted by Crippen LogP contribution is 2.40. The molecule has 2 aromatic carbocycles. The van der Waals surface area contributed by atoms with Gasteiger partial charge in [-0.05, 0) is 59.5 Å². The van der Waals surface area contributed by atoms with Gasteiger partial charge in [0.05, 0.1) is 18.8 Å². The Morgan fingerprint density at radius 1 is 1.06 bits per heavy atom. The van der Waals surface area contributed by atoms with Gasteiger partial charge in [-0.15, -0.1) is 0 Å². The molecule has 9 heteroatoms. The first-order valence-electron chi connectivity index (χ1n) is 9.95. The van der Waals surface area contributed by atoms with E-state index in [0.717, 1.165) is 0 Å². The van der Waals surface area contributed by atoms with Crippen LogP contribution < -0.4 is 5.32 Å². The van der Waals surface area contributed by atoms with Gasteiger partial charge in [0.1, 0.15) is 11.8 Å². The fourth-order valence-corrected chi connectivity index (χ4v) is 4.03. The van der Waals surface area contributed by atoms with Crippen LogP contribution in [0, 0.1) is 0 Å². The summed E-state index contributed by atoms with van der Waals surface area (Å²) >= 11 is 0. The van der Waals surface area contributed by atoms with Gasteiger partial charge >= 0.3 is 0 Å². The zero-order valence-electron chi connectivity index (χ0n) is 16.9. The second kappa shape index (κ2) is 8.54. The van der Waals surface area contributed by atoms with Crippen LogP contribution in [0.3, 0.4) is 0 Å². The van der Waals surface area contributed by atoms with Crippen molar-refractivity contribution in [1.82, 2.24) is 10.2 Å². The van der Waals surface area contributed by atoms with E-state index in [-0.39, 0.29) is 42.4 Å². The van der Waals surface area contributed by atoms with Crippen molar-refractivity contribution in [3.05, 3.63) is 71.2 Å². The third-order valence-corrected chi connectivity index (χ3v) is 5.64. The molecule has 0 bridgehead atoms. The van der Waals surface area contributed by atoms with Crippen LogP contribution in [0.2, 0.25) is 0 Å².